The van der Waals surface area contributed by atoms with E-state index in [0.717, 1.165) is 6.42 Å². The van der Waals surface area contributed by atoms with Crippen LogP contribution in [0.2, 0.25) is 0 Å². The SMILES string of the molecule is CC1(C)C[C@@H]1C(=O)c1ccccn1. The molecule has 0 spiro atoms. The fourth-order valence-corrected chi connectivity index (χ4v) is 1.60. The van der Waals surface area contributed by atoms with E-state index < -0.39 is 0 Å². The van der Waals surface area contributed by atoms with Crippen LogP contribution in [0, 0.1) is 11.3 Å². The molecular weight excluding hydrogens is 162 g/mol. The Morgan fingerprint density at radius 3 is 2.69 bits per heavy atom. The molecule has 13 heavy (non-hydrogen) atoms. The molecule has 1 aliphatic carbocycles. The average molecular weight is 175 g/mol. The molecule has 0 amide bonds. The van der Waals surface area contributed by atoms with Crippen molar-refractivity contribution in [2.75, 3.05) is 0 Å². The summed E-state index contributed by atoms with van der Waals surface area (Å²) >= 11 is 0. The Balaban J connectivity index is 2.17. The van der Waals surface area contributed by atoms with Crippen molar-refractivity contribution >= 4 is 5.78 Å². The van der Waals surface area contributed by atoms with Crippen LogP contribution in [0.15, 0.2) is 24.4 Å². The highest BCUT2D eigenvalue weighted by atomic mass is 16.1. The van der Waals surface area contributed by atoms with Gasteiger partial charge in [-0.3, -0.25) is 9.78 Å². The zero-order chi connectivity index (χ0) is 9.47. The molecule has 2 nitrogen and oxygen atoms in total. The largest absolute Gasteiger partial charge is 0.292 e. The monoisotopic (exact) mass is 175 g/mol. The molecule has 1 atom stereocenters. The predicted octanol–water partition coefficient (Wildman–Crippen LogP) is 2.31. The Hall–Kier alpha value is -1.18. The van der Waals surface area contributed by atoms with Crippen LogP contribution in [0.5, 0.6) is 0 Å². The maximum atomic E-state index is 11.8. The van der Waals surface area contributed by atoms with Crippen LogP contribution >= 0.6 is 0 Å². The summed E-state index contributed by atoms with van der Waals surface area (Å²) in [6, 6.07) is 5.47. The second-order valence-corrected chi connectivity index (χ2v) is 4.32. The van der Waals surface area contributed by atoms with Crippen LogP contribution in [-0.4, -0.2) is 10.8 Å². The molecule has 0 radical (unpaired) electrons. The molecule has 0 N–H and O–H groups in total. The van der Waals surface area contributed by atoms with Gasteiger partial charge in [0.1, 0.15) is 5.69 Å². The summed E-state index contributed by atoms with van der Waals surface area (Å²) in [4.78, 5) is 15.8. The number of hydrogen-bond acceptors (Lipinski definition) is 2. The summed E-state index contributed by atoms with van der Waals surface area (Å²) in [7, 11) is 0. The lowest BCUT2D eigenvalue weighted by Gasteiger charge is -2.01. The Kier molecular flexibility index (Phi) is 1.72. The first kappa shape index (κ1) is 8.42. The van der Waals surface area contributed by atoms with E-state index >= 15 is 0 Å². The van der Waals surface area contributed by atoms with Crippen molar-refractivity contribution in [3.05, 3.63) is 30.1 Å². The first-order valence-corrected chi connectivity index (χ1v) is 4.56. The predicted molar refractivity (Wildman–Crippen MR) is 50.5 cm³/mol. The van der Waals surface area contributed by atoms with Crippen LogP contribution in [-0.2, 0) is 0 Å². The van der Waals surface area contributed by atoms with Crippen LogP contribution in [0.3, 0.4) is 0 Å². The van der Waals surface area contributed by atoms with Crippen molar-refractivity contribution < 1.29 is 4.79 Å². The maximum Gasteiger partial charge on any atom is 0.184 e. The van der Waals surface area contributed by atoms with Crippen molar-refractivity contribution in [2.24, 2.45) is 11.3 Å². The third-order valence-corrected chi connectivity index (χ3v) is 2.75. The van der Waals surface area contributed by atoms with Gasteiger partial charge in [0.2, 0.25) is 0 Å². The third kappa shape index (κ3) is 1.48. The van der Waals surface area contributed by atoms with Crippen LogP contribution < -0.4 is 0 Å². The lowest BCUT2D eigenvalue weighted by molar-refractivity contribution is 0.0948. The minimum Gasteiger partial charge on any atom is -0.292 e. The number of Topliss-reactive ketones (excluding diaryl/α,β-unsaturated/α-hetero) is 1. The molecule has 0 bridgehead atoms. The first-order chi connectivity index (χ1) is 6.11. The van der Waals surface area contributed by atoms with E-state index in [2.05, 4.69) is 18.8 Å². The average Bonchev–Trinajstić information content (AvgIpc) is 2.76. The van der Waals surface area contributed by atoms with Gasteiger partial charge in [0, 0.05) is 12.1 Å². The topological polar surface area (TPSA) is 30.0 Å². The Morgan fingerprint density at radius 2 is 2.23 bits per heavy atom. The number of ketones is 1. The molecule has 1 aromatic heterocycles. The van der Waals surface area contributed by atoms with E-state index in [1.54, 1.807) is 12.3 Å². The van der Waals surface area contributed by atoms with Gasteiger partial charge in [-0.1, -0.05) is 19.9 Å². The summed E-state index contributed by atoms with van der Waals surface area (Å²) in [6.07, 6.45) is 2.67. The van der Waals surface area contributed by atoms with E-state index in [0.29, 0.717) is 5.69 Å². The molecule has 2 rings (SSSR count). The van der Waals surface area contributed by atoms with Gasteiger partial charge < -0.3 is 0 Å². The smallest absolute Gasteiger partial charge is 0.184 e. The van der Waals surface area contributed by atoms with E-state index in [4.69, 9.17) is 0 Å². The van der Waals surface area contributed by atoms with Crippen molar-refractivity contribution in [1.29, 1.82) is 0 Å². The number of pyridine rings is 1. The molecule has 1 aliphatic rings. The van der Waals surface area contributed by atoms with Gasteiger partial charge in [0.15, 0.2) is 5.78 Å². The van der Waals surface area contributed by atoms with Gasteiger partial charge >= 0.3 is 0 Å². The summed E-state index contributed by atoms with van der Waals surface area (Å²) in [6.45, 7) is 4.25. The Bertz CT molecular complexity index is 329. The molecule has 1 fully saturated rings. The van der Waals surface area contributed by atoms with Gasteiger partial charge in [-0.15, -0.1) is 0 Å². The van der Waals surface area contributed by atoms with Crippen LogP contribution in [0.1, 0.15) is 30.8 Å². The normalized spacial score (nSPS) is 24.0. The second kappa shape index (κ2) is 2.66. The number of nitrogens with zero attached hydrogens (tertiary/aromatic N) is 1. The fourth-order valence-electron chi connectivity index (χ4n) is 1.60. The van der Waals surface area contributed by atoms with Crippen molar-refractivity contribution in [1.82, 2.24) is 4.98 Å². The van der Waals surface area contributed by atoms with E-state index in [1.165, 1.54) is 0 Å². The molecule has 1 saturated carbocycles. The minimum absolute atomic E-state index is 0.197. The van der Waals surface area contributed by atoms with E-state index in [-0.39, 0.29) is 17.1 Å². The van der Waals surface area contributed by atoms with Gasteiger partial charge in [-0.2, -0.15) is 0 Å². The van der Waals surface area contributed by atoms with Crippen molar-refractivity contribution in [3.8, 4) is 0 Å². The van der Waals surface area contributed by atoms with Gasteiger partial charge in [-0.25, -0.2) is 0 Å². The summed E-state index contributed by atoms with van der Waals surface area (Å²) in [5.41, 5.74) is 0.812. The zero-order valence-electron chi connectivity index (χ0n) is 7.95. The minimum atomic E-state index is 0.197. The van der Waals surface area contributed by atoms with Gasteiger partial charge in [-0.05, 0) is 24.0 Å². The quantitative estimate of drug-likeness (QED) is 0.645. The molecule has 1 heterocycles. The Morgan fingerprint density at radius 1 is 1.54 bits per heavy atom. The number of carbonyl (C=O) groups excluding carboxylic acids is 1. The molecular formula is C11H13NO. The highest BCUT2D eigenvalue weighted by Gasteiger charge is 2.50. The molecule has 1 aromatic rings. The first-order valence-electron chi connectivity index (χ1n) is 4.56. The highest BCUT2D eigenvalue weighted by Crippen LogP contribution is 2.52. The fraction of sp³-hybridized carbons (Fsp3) is 0.455. The molecule has 2 heteroatoms. The van der Waals surface area contributed by atoms with Crippen LogP contribution in [0.4, 0.5) is 0 Å². The third-order valence-electron chi connectivity index (χ3n) is 2.75. The highest BCUT2D eigenvalue weighted by molar-refractivity contribution is 5.98. The lowest BCUT2D eigenvalue weighted by atomic mass is 10.1. The molecule has 0 unspecified atom stereocenters. The molecule has 68 valence electrons. The van der Waals surface area contributed by atoms with Crippen molar-refractivity contribution in [2.45, 2.75) is 20.3 Å². The van der Waals surface area contributed by atoms with Crippen LogP contribution in [0.25, 0.3) is 0 Å². The molecule has 0 aliphatic heterocycles. The second-order valence-electron chi connectivity index (χ2n) is 4.32. The maximum absolute atomic E-state index is 11.8. The molecule has 0 aromatic carbocycles. The number of carbonyl (C=O) groups is 1. The molecule has 0 saturated heterocycles. The lowest BCUT2D eigenvalue weighted by Crippen LogP contribution is -2.07. The Labute approximate surface area is 78.0 Å². The van der Waals surface area contributed by atoms with Gasteiger partial charge in [0.05, 0.1) is 0 Å². The summed E-state index contributed by atoms with van der Waals surface area (Å²) in [5, 5.41) is 0. The number of hydrogen-bond donors (Lipinski definition) is 0. The van der Waals surface area contributed by atoms with Crippen molar-refractivity contribution in [3.63, 3.8) is 0 Å². The zero-order valence-corrected chi connectivity index (χ0v) is 7.95. The van der Waals surface area contributed by atoms with E-state index in [9.17, 15) is 4.79 Å². The van der Waals surface area contributed by atoms with Gasteiger partial charge in [0.25, 0.3) is 0 Å². The summed E-state index contributed by atoms with van der Waals surface area (Å²) < 4.78 is 0. The number of aromatic nitrogens is 1. The number of rotatable bonds is 2. The standard InChI is InChI=1S/C11H13NO/c1-11(2)7-8(11)10(13)9-5-3-4-6-12-9/h3-6,8H,7H2,1-2H3/t8-/m1/s1. The summed E-state index contributed by atoms with van der Waals surface area (Å²) in [5.74, 6) is 0.396. The van der Waals surface area contributed by atoms with E-state index in [1.807, 2.05) is 12.1 Å².